The third-order valence-electron chi connectivity index (χ3n) is 16.0. The lowest BCUT2D eigenvalue weighted by Crippen LogP contribution is -2.30. The molecule has 0 rings (SSSR count). The molecule has 0 radical (unpaired) electrons. The van der Waals surface area contributed by atoms with Gasteiger partial charge in [-0.3, -0.25) is 32.5 Å². The zero-order valence-corrected chi connectivity index (χ0v) is 61.9. The van der Waals surface area contributed by atoms with Crippen LogP contribution < -0.4 is 0 Å². The van der Waals surface area contributed by atoms with Gasteiger partial charge in [-0.05, 0) is 116 Å². The first-order valence-corrected chi connectivity index (χ1v) is 40.9. The monoisotopic (exact) mass is 1380 g/mol. The number of phosphoric acid groups is 2. The number of unbranched alkanes of at least 4 members (excludes halogenated alkanes) is 35. The van der Waals surface area contributed by atoms with Gasteiger partial charge in [0.1, 0.15) is 25.4 Å². The molecule has 4 N–H and O–H groups in total. The molecule has 0 spiro atoms. The number of carbonyl (C=O) groups excluding carboxylic acids is 3. The van der Waals surface area contributed by atoms with E-state index in [1.54, 1.807) is 0 Å². The Labute approximate surface area is 578 Å². The lowest BCUT2D eigenvalue weighted by Gasteiger charge is -2.21. The Kier molecular flexibility index (Phi) is 68.2. The lowest BCUT2D eigenvalue weighted by molar-refractivity contribution is -0.161. The van der Waals surface area contributed by atoms with E-state index >= 15 is 0 Å². The van der Waals surface area contributed by atoms with Crippen LogP contribution in [0.5, 0.6) is 0 Å². The summed E-state index contributed by atoms with van der Waals surface area (Å²) in [4.78, 5) is 58.4. The number of aliphatic hydroxyl groups excluding tert-OH is 2. The van der Waals surface area contributed by atoms with Gasteiger partial charge in [-0.15, -0.1) is 0 Å². The summed E-state index contributed by atoms with van der Waals surface area (Å²) >= 11 is 0. The number of esters is 3. The van der Waals surface area contributed by atoms with Gasteiger partial charge < -0.3 is 34.2 Å². The summed E-state index contributed by atoms with van der Waals surface area (Å²) in [6.45, 7) is 2.56. The summed E-state index contributed by atoms with van der Waals surface area (Å²) in [6.07, 6.45) is 78.1. The van der Waals surface area contributed by atoms with E-state index in [4.69, 9.17) is 32.3 Å². The SMILES string of the molecule is CCC/C=C\C/C=C\CCCCCCCC(=O)OCC(COP(=O)(O)OCC(O)COP(=O)(O)OCC(O)COC(=O)CCCCCCCCCCCCCCCCCCC/C=C\C/C=C\C/C=C\C/C=C\CCCCC)OC(=O)CCCCCCC/C=C\CCCCCC. The third kappa shape index (κ3) is 71.8. The summed E-state index contributed by atoms with van der Waals surface area (Å²) in [5.41, 5.74) is 0. The highest BCUT2D eigenvalue weighted by molar-refractivity contribution is 7.47. The molecule has 5 unspecified atom stereocenters. The maximum Gasteiger partial charge on any atom is 0.472 e. The number of hydrogen-bond acceptors (Lipinski definition) is 14. The van der Waals surface area contributed by atoms with Crippen LogP contribution in [0.15, 0.2) is 85.1 Å². The van der Waals surface area contributed by atoms with E-state index in [1.807, 2.05) is 0 Å². The predicted octanol–water partition coefficient (Wildman–Crippen LogP) is 21.7. The van der Waals surface area contributed by atoms with E-state index in [9.17, 15) is 43.5 Å². The molecular weight excluding hydrogens is 1240 g/mol. The normalized spacial score (nSPS) is 14.6. The average Bonchev–Trinajstić information content (AvgIpc) is 2.21. The quantitative estimate of drug-likeness (QED) is 0.0146. The number of carbonyl (C=O) groups is 3. The zero-order valence-electron chi connectivity index (χ0n) is 60.1. The number of phosphoric ester groups is 2. The van der Waals surface area contributed by atoms with Crippen LogP contribution in [0.25, 0.3) is 0 Å². The van der Waals surface area contributed by atoms with Gasteiger partial charge in [0, 0.05) is 19.3 Å². The molecule has 0 fully saturated rings. The van der Waals surface area contributed by atoms with Crippen molar-refractivity contribution in [2.45, 2.75) is 347 Å². The fourth-order valence-electron chi connectivity index (χ4n) is 10.2. The molecule has 0 saturated carbocycles. The molecule has 0 saturated heterocycles. The fraction of sp³-hybridized carbons (Fsp3) is 0.779. The van der Waals surface area contributed by atoms with Crippen molar-refractivity contribution in [2.24, 2.45) is 0 Å². The molecule has 0 aliphatic carbocycles. The van der Waals surface area contributed by atoms with E-state index in [2.05, 4.69) is 106 Å². The zero-order chi connectivity index (χ0) is 69.5. The van der Waals surface area contributed by atoms with Crippen molar-refractivity contribution in [1.82, 2.24) is 0 Å². The highest BCUT2D eigenvalue weighted by Gasteiger charge is 2.29. The van der Waals surface area contributed by atoms with Crippen LogP contribution in [0.3, 0.4) is 0 Å². The minimum Gasteiger partial charge on any atom is -0.463 e. The second-order valence-corrected chi connectivity index (χ2v) is 28.4. The first-order valence-electron chi connectivity index (χ1n) is 37.9. The standard InChI is InChI=1S/C77H138O16P2/c1-4-7-10-13-16-19-22-25-26-27-28-29-30-31-32-33-34-35-36-37-38-39-40-41-42-43-44-47-49-51-54-57-60-63-75(80)87-66-72(78)67-89-94(83,84)90-68-73(79)69-91-95(85,86)92-71-74(93-77(82)65-62-59-56-53-50-46-24-21-18-15-12-9-6-3)70-88-76(81)64-61-58-55-52-48-45-23-20-17-14-11-8-5-2/h11,14,16,19-21,23-26,28-29,31-32,72-74,78-79H,4-10,12-13,15,17-18,22,27,30,33-71H2,1-3H3,(H,83,84)(H,85,86)/b14-11-,19-16-,23-20-,24-21-,26-25-,29-28-,32-31-. The van der Waals surface area contributed by atoms with Crippen molar-refractivity contribution < 1.29 is 75.8 Å². The molecule has 0 aromatic rings. The third-order valence-corrected chi connectivity index (χ3v) is 17.9. The van der Waals surface area contributed by atoms with Crippen molar-refractivity contribution in [2.75, 3.05) is 39.6 Å². The van der Waals surface area contributed by atoms with Gasteiger partial charge in [0.15, 0.2) is 6.10 Å². The maximum atomic E-state index is 12.9. The Bertz CT molecular complexity index is 2070. The Morgan fingerprint density at radius 3 is 0.905 bits per heavy atom. The van der Waals surface area contributed by atoms with Crippen molar-refractivity contribution in [3.63, 3.8) is 0 Å². The van der Waals surface area contributed by atoms with Crippen LogP contribution in [0.2, 0.25) is 0 Å². The number of rotatable bonds is 72. The van der Waals surface area contributed by atoms with Gasteiger partial charge in [-0.25, -0.2) is 9.13 Å². The number of allylic oxidation sites excluding steroid dienone is 14. The highest BCUT2D eigenvalue weighted by atomic mass is 31.2. The van der Waals surface area contributed by atoms with Crippen LogP contribution in [0, 0.1) is 0 Å². The molecule has 0 bridgehead atoms. The molecule has 0 aromatic carbocycles. The molecule has 0 aliphatic rings. The number of ether oxygens (including phenoxy) is 3. The fourth-order valence-corrected chi connectivity index (χ4v) is 11.8. The number of hydrogen-bond donors (Lipinski definition) is 4. The van der Waals surface area contributed by atoms with Gasteiger partial charge in [0.25, 0.3) is 0 Å². The van der Waals surface area contributed by atoms with E-state index in [-0.39, 0.29) is 19.3 Å². The summed E-state index contributed by atoms with van der Waals surface area (Å²) in [6, 6.07) is 0. The Balaban J connectivity index is 4.32. The van der Waals surface area contributed by atoms with E-state index < -0.39 is 91.5 Å². The number of aliphatic hydroxyl groups is 2. The molecule has 0 amide bonds. The van der Waals surface area contributed by atoms with Crippen molar-refractivity contribution in [1.29, 1.82) is 0 Å². The summed E-state index contributed by atoms with van der Waals surface area (Å²) in [5.74, 6) is -1.59. The Hall–Kier alpha value is -3.27. The molecule has 0 aromatic heterocycles. The van der Waals surface area contributed by atoms with Gasteiger partial charge in [-0.2, -0.15) is 0 Å². The first-order chi connectivity index (χ1) is 46.2. The second-order valence-electron chi connectivity index (χ2n) is 25.4. The minimum atomic E-state index is -4.92. The van der Waals surface area contributed by atoms with Crippen LogP contribution in [-0.2, 0) is 55.8 Å². The Morgan fingerprint density at radius 1 is 0.295 bits per heavy atom. The summed E-state index contributed by atoms with van der Waals surface area (Å²) in [7, 11) is -9.77. The van der Waals surface area contributed by atoms with Gasteiger partial charge in [0.2, 0.25) is 0 Å². The largest absolute Gasteiger partial charge is 0.472 e. The molecular formula is C77H138O16P2. The summed E-state index contributed by atoms with van der Waals surface area (Å²) < 4.78 is 60.9. The second kappa shape index (κ2) is 70.6. The van der Waals surface area contributed by atoms with Gasteiger partial charge >= 0.3 is 33.6 Å². The van der Waals surface area contributed by atoms with E-state index in [0.717, 1.165) is 128 Å². The van der Waals surface area contributed by atoms with Gasteiger partial charge in [-0.1, -0.05) is 279 Å². The molecule has 552 valence electrons. The molecule has 16 nitrogen and oxygen atoms in total. The van der Waals surface area contributed by atoms with E-state index in [0.29, 0.717) is 19.3 Å². The van der Waals surface area contributed by atoms with E-state index in [1.165, 1.54) is 141 Å². The van der Waals surface area contributed by atoms with Crippen molar-refractivity contribution >= 4 is 33.6 Å². The highest BCUT2D eigenvalue weighted by Crippen LogP contribution is 2.45. The van der Waals surface area contributed by atoms with Crippen molar-refractivity contribution in [3.05, 3.63) is 85.1 Å². The van der Waals surface area contributed by atoms with Gasteiger partial charge in [0.05, 0.1) is 26.4 Å². The van der Waals surface area contributed by atoms with Crippen LogP contribution >= 0.6 is 15.6 Å². The molecule has 5 atom stereocenters. The summed E-state index contributed by atoms with van der Waals surface area (Å²) in [5, 5.41) is 20.6. The van der Waals surface area contributed by atoms with Crippen LogP contribution in [-0.4, -0.2) is 95.9 Å². The molecule has 95 heavy (non-hydrogen) atoms. The lowest BCUT2D eigenvalue weighted by atomic mass is 10.0. The van der Waals surface area contributed by atoms with Crippen LogP contribution in [0.1, 0.15) is 329 Å². The average molecular weight is 1380 g/mol. The maximum absolute atomic E-state index is 12.9. The molecule has 18 heteroatoms. The van der Waals surface area contributed by atoms with Crippen LogP contribution in [0.4, 0.5) is 0 Å². The smallest absolute Gasteiger partial charge is 0.463 e. The topological polar surface area (TPSA) is 231 Å². The first kappa shape index (κ1) is 91.7. The Morgan fingerprint density at radius 2 is 0.547 bits per heavy atom. The molecule has 0 heterocycles. The van der Waals surface area contributed by atoms with Crippen molar-refractivity contribution in [3.8, 4) is 0 Å². The predicted molar refractivity (Wildman–Crippen MR) is 390 cm³/mol. The molecule has 0 aliphatic heterocycles. The minimum absolute atomic E-state index is 0.0932.